The van der Waals surface area contributed by atoms with Gasteiger partial charge in [-0.25, -0.2) is 4.98 Å². The Kier molecular flexibility index (Phi) is 5.21. The summed E-state index contributed by atoms with van der Waals surface area (Å²) < 4.78 is 2.39. The van der Waals surface area contributed by atoms with Crippen LogP contribution in [-0.4, -0.2) is 71.7 Å². The zero-order valence-corrected chi connectivity index (χ0v) is 17.3. The lowest BCUT2D eigenvalue weighted by atomic mass is 10.1. The molecule has 8 heteroatoms. The van der Waals surface area contributed by atoms with E-state index in [0.717, 1.165) is 42.4 Å². The molecular formula is C19H25BrN6O. The summed E-state index contributed by atoms with van der Waals surface area (Å²) in [5.74, 6) is 0.671. The van der Waals surface area contributed by atoms with Crippen LogP contribution < -0.4 is 15.8 Å². The lowest BCUT2D eigenvalue weighted by Crippen LogP contribution is -2.61. The Hall–Kier alpha value is -1.90. The van der Waals surface area contributed by atoms with Crippen molar-refractivity contribution in [2.45, 2.75) is 6.04 Å². The number of hydrogen-bond acceptors (Lipinski definition) is 6. The fourth-order valence-electron chi connectivity index (χ4n) is 3.79. The van der Waals surface area contributed by atoms with Gasteiger partial charge in [-0.3, -0.25) is 9.69 Å². The molecule has 0 radical (unpaired) electrons. The van der Waals surface area contributed by atoms with Crippen molar-refractivity contribution < 1.29 is 0 Å². The van der Waals surface area contributed by atoms with Crippen LogP contribution >= 0.6 is 15.9 Å². The molecule has 0 aliphatic carbocycles. The Balaban J connectivity index is 1.38. The lowest BCUT2D eigenvalue weighted by molar-refractivity contribution is 0.0488. The number of piperazine rings is 1. The van der Waals surface area contributed by atoms with Crippen molar-refractivity contribution in [3.63, 3.8) is 0 Å². The number of aryl methyl sites for hydroxylation is 1. The van der Waals surface area contributed by atoms with Gasteiger partial charge in [0.15, 0.2) is 0 Å². The summed E-state index contributed by atoms with van der Waals surface area (Å²) >= 11 is 3.42. The molecule has 144 valence electrons. The number of rotatable bonds is 4. The summed E-state index contributed by atoms with van der Waals surface area (Å²) in [6.07, 6.45) is 3.63. The van der Waals surface area contributed by atoms with Gasteiger partial charge in [0.2, 0.25) is 0 Å². The number of likely N-dealkylation sites (tertiary alicyclic amines) is 1. The van der Waals surface area contributed by atoms with Crippen LogP contribution in [0.3, 0.4) is 0 Å². The van der Waals surface area contributed by atoms with E-state index >= 15 is 0 Å². The first-order chi connectivity index (χ1) is 13.0. The maximum atomic E-state index is 12.2. The first-order valence-electron chi connectivity index (χ1n) is 9.26. The van der Waals surface area contributed by atoms with Crippen LogP contribution in [0.25, 0.3) is 0 Å². The largest absolute Gasteiger partial charge is 0.368 e. The smallest absolute Gasteiger partial charge is 0.274 e. The SMILES string of the molecule is CN1CC(N2CCN(c3ccc(Nc4cc(Br)cn(C)c4=O)nc3)CC2)C1. The van der Waals surface area contributed by atoms with Gasteiger partial charge in [0.1, 0.15) is 11.5 Å². The molecule has 2 fully saturated rings. The zero-order chi connectivity index (χ0) is 19.0. The Bertz CT molecular complexity index is 853. The Labute approximate surface area is 167 Å². The van der Waals surface area contributed by atoms with Crippen molar-refractivity contribution in [1.82, 2.24) is 19.4 Å². The molecule has 0 saturated carbocycles. The third-order valence-corrected chi connectivity index (χ3v) is 5.83. The van der Waals surface area contributed by atoms with E-state index in [1.54, 1.807) is 23.9 Å². The summed E-state index contributed by atoms with van der Waals surface area (Å²) in [5.41, 5.74) is 1.56. The van der Waals surface area contributed by atoms with Crippen LogP contribution in [-0.2, 0) is 7.05 Å². The van der Waals surface area contributed by atoms with Crippen molar-refractivity contribution in [3.05, 3.63) is 45.4 Å². The zero-order valence-electron chi connectivity index (χ0n) is 15.7. The van der Waals surface area contributed by atoms with E-state index in [9.17, 15) is 4.79 Å². The van der Waals surface area contributed by atoms with Gasteiger partial charge in [0.05, 0.1) is 11.9 Å². The Morgan fingerprint density at radius 2 is 1.89 bits per heavy atom. The van der Waals surface area contributed by atoms with Gasteiger partial charge in [-0.15, -0.1) is 0 Å². The molecule has 2 saturated heterocycles. The maximum absolute atomic E-state index is 12.2. The standard InChI is InChI=1S/C19H25BrN6O/c1-23-12-16(13-23)26-7-5-25(6-8-26)15-3-4-18(21-10-15)22-17-9-14(20)11-24(2)19(17)27/h3-4,9-11,16H,5-8,12-13H2,1-2H3,(H,21,22). The average Bonchev–Trinajstić information content (AvgIpc) is 2.64. The summed E-state index contributed by atoms with van der Waals surface area (Å²) in [6, 6.07) is 6.51. The third-order valence-electron chi connectivity index (χ3n) is 5.40. The van der Waals surface area contributed by atoms with E-state index in [0.29, 0.717) is 11.5 Å². The first kappa shape index (κ1) is 18.5. The molecular weight excluding hydrogens is 408 g/mol. The number of hydrogen-bond donors (Lipinski definition) is 1. The molecule has 0 unspecified atom stereocenters. The highest BCUT2D eigenvalue weighted by Crippen LogP contribution is 2.21. The summed E-state index contributed by atoms with van der Waals surface area (Å²) in [5, 5.41) is 3.12. The monoisotopic (exact) mass is 432 g/mol. The minimum atomic E-state index is -0.0816. The molecule has 4 rings (SSSR count). The maximum Gasteiger partial charge on any atom is 0.274 e. The molecule has 2 aliphatic heterocycles. The van der Waals surface area contributed by atoms with Gasteiger partial charge in [0, 0.05) is 63.0 Å². The topological polar surface area (TPSA) is 56.6 Å². The third kappa shape index (κ3) is 4.02. The highest BCUT2D eigenvalue weighted by Gasteiger charge is 2.31. The van der Waals surface area contributed by atoms with Gasteiger partial charge in [-0.1, -0.05) is 0 Å². The molecule has 2 aromatic rings. The van der Waals surface area contributed by atoms with Gasteiger partial charge in [-0.2, -0.15) is 0 Å². The van der Waals surface area contributed by atoms with Crippen molar-refractivity contribution in [1.29, 1.82) is 0 Å². The van der Waals surface area contributed by atoms with Crippen molar-refractivity contribution in [2.75, 3.05) is 56.5 Å². The molecule has 0 spiro atoms. The minimum absolute atomic E-state index is 0.0816. The van der Waals surface area contributed by atoms with E-state index in [4.69, 9.17) is 0 Å². The van der Waals surface area contributed by atoms with E-state index < -0.39 is 0 Å². The van der Waals surface area contributed by atoms with Gasteiger partial charge < -0.3 is 19.7 Å². The second-order valence-corrected chi connectivity index (χ2v) is 8.33. The summed E-state index contributed by atoms with van der Waals surface area (Å²) in [7, 11) is 3.91. The molecule has 0 aromatic carbocycles. The predicted octanol–water partition coefficient (Wildman–Crippen LogP) is 1.72. The van der Waals surface area contributed by atoms with E-state index in [1.807, 2.05) is 12.3 Å². The van der Waals surface area contributed by atoms with Crippen LogP contribution in [0, 0.1) is 0 Å². The van der Waals surface area contributed by atoms with Crippen molar-refractivity contribution in [3.8, 4) is 0 Å². The van der Waals surface area contributed by atoms with Gasteiger partial charge >= 0.3 is 0 Å². The molecule has 0 atom stereocenters. The van der Waals surface area contributed by atoms with Gasteiger partial charge in [0.25, 0.3) is 5.56 Å². The van der Waals surface area contributed by atoms with Crippen LogP contribution in [0.4, 0.5) is 17.2 Å². The second kappa shape index (κ2) is 7.61. The second-order valence-electron chi connectivity index (χ2n) is 7.41. The van der Waals surface area contributed by atoms with Crippen molar-refractivity contribution in [2.24, 2.45) is 7.05 Å². The lowest BCUT2D eigenvalue weighted by Gasteiger charge is -2.47. The number of likely N-dealkylation sites (N-methyl/N-ethyl adjacent to an activating group) is 1. The van der Waals surface area contributed by atoms with Crippen molar-refractivity contribution >= 4 is 33.1 Å². The Morgan fingerprint density at radius 3 is 2.52 bits per heavy atom. The molecule has 2 aromatic heterocycles. The van der Waals surface area contributed by atoms with E-state index in [1.165, 1.54) is 13.1 Å². The summed E-state index contributed by atoms with van der Waals surface area (Å²) in [4.78, 5) is 24.1. The molecule has 4 heterocycles. The molecule has 0 bridgehead atoms. The highest BCUT2D eigenvalue weighted by atomic mass is 79.9. The molecule has 0 amide bonds. The van der Waals surface area contributed by atoms with Crippen LogP contribution in [0.15, 0.2) is 39.9 Å². The fourth-order valence-corrected chi connectivity index (χ4v) is 4.32. The quantitative estimate of drug-likeness (QED) is 0.793. The minimum Gasteiger partial charge on any atom is -0.368 e. The fraction of sp³-hybridized carbons (Fsp3) is 0.474. The molecule has 1 N–H and O–H groups in total. The summed E-state index contributed by atoms with van der Waals surface area (Å²) in [6.45, 7) is 6.65. The van der Waals surface area contributed by atoms with Crippen LogP contribution in [0.5, 0.6) is 0 Å². The number of halogens is 1. The number of nitrogens with one attached hydrogen (secondary N) is 1. The highest BCUT2D eigenvalue weighted by molar-refractivity contribution is 9.10. The molecule has 7 nitrogen and oxygen atoms in total. The number of aromatic nitrogens is 2. The van der Waals surface area contributed by atoms with E-state index in [2.05, 4.69) is 54.0 Å². The predicted molar refractivity (Wildman–Crippen MR) is 112 cm³/mol. The molecule has 2 aliphatic rings. The number of anilines is 3. The first-order valence-corrected chi connectivity index (χ1v) is 10.1. The normalized spacial score (nSPS) is 19.1. The van der Waals surface area contributed by atoms with Crippen LogP contribution in [0.1, 0.15) is 0 Å². The van der Waals surface area contributed by atoms with Gasteiger partial charge in [-0.05, 0) is 41.2 Å². The Morgan fingerprint density at radius 1 is 1.15 bits per heavy atom. The van der Waals surface area contributed by atoms with E-state index in [-0.39, 0.29) is 5.56 Å². The molecule has 27 heavy (non-hydrogen) atoms. The number of nitrogens with zero attached hydrogens (tertiary/aromatic N) is 5. The number of pyridine rings is 2. The average molecular weight is 433 g/mol. The van der Waals surface area contributed by atoms with Crippen LogP contribution in [0.2, 0.25) is 0 Å².